The van der Waals surface area contributed by atoms with Crippen molar-refractivity contribution in [3.05, 3.63) is 35.4 Å². The Morgan fingerprint density at radius 3 is 2.05 bits per heavy atom. The summed E-state index contributed by atoms with van der Waals surface area (Å²) in [6, 6.07) is 7.42. The van der Waals surface area contributed by atoms with Crippen molar-refractivity contribution in [2.24, 2.45) is 0 Å². The van der Waals surface area contributed by atoms with Crippen LogP contribution < -0.4 is 0 Å². The molecule has 0 aliphatic heterocycles. The fourth-order valence-electron chi connectivity index (χ4n) is 1.20. The standard InChI is InChI=1S/C12H16O2.C4H8O.C2H6/c1-3-4-9-14-12(13)11-7-5-10(2)6-8-11;1-2-3-4-5;1-2/h5-8H,3-4,9H2,1-2H3;4H,2-3H2,1H3;1-2H3. The smallest absolute Gasteiger partial charge is 0.338 e. The van der Waals surface area contributed by atoms with Gasteiger partial charge in [-0.3, -0.25) is 0 Å². The van der Waals surface area contributed by atoms with Crippen LogP contribution in [0.3, 0.4) is 0 Å². The number of aldehydes is 1. The van der Waals surface area contributed by atoms with Crippen LogP contribution in [0.15, 0.2) is 24.3 Å². The second kappa shape index (κ2) is 16.4. The van der Waals surface area contributed by atoms with Gasteiger partial charge in [-0.15, -0.1) is 0 Å². The van der Waals surface area contributed by atoms with Crippen LogP contribution in [-0.4, -0.2) is 18.9 Å². The summed E-state index contributed by atoms with van der Waals surface area (Å²) in [4.78, 5) is 20.8. The van der Waals surface area contributed by atoms with E-state index >= 15 is 0 Å². The van der Waals surface area contributed by atoms with E-state index in [0.717, 1.165) is 31.1 Å². The molecule has 0 spiro atoms. The molecule has 1 aromatic carbocycles. The van der Waals surface area contributed by atoms with Crippen LogP contribution in [0.2, 0.25) is 0 Å². The zero-order chi connectivity index (χ0) is 16.5. The molecule has 1 rings (SSSR count). The number of benzene rings is 1. The van der Waals surface area contributed by atoms with Crippen molar-refractivity contribution in [2.45, 2.75) is 60.3 Å². The number of hydrogen-bond donors (Lipinski definition) is 0. The first-order valence-electron chi connectivity index (χ1n) is 7.83. The number of rotatable bonds is 6. The zero-order valence-electron chi connectivity index (χ0n) is 14.1. The molecule has 0 heterocycles. The van der Waals surface area contributed by atoms with E-state index in [9.17, 15) is 9.59 Å². The Morgan fingerprint density at radius 2 is 1.67 bits per heavy atom. The second-order valence-electron chi connectivity index (χ2n) is 4.31. The van der Waals surface area contributed by atoms with Crippen molar-refractivity contribution < 1.29 is 14.3 Å². The fourth-order valence-corrected chi connectivity index (χ4v) is 1.20. The van der Waals surface area contributed by atoms with E-state index in [4.69, 9.17) is 4.74 Å². The molecule has 0 fully saturated rings. The van der Waals surface area contributed by atoms with E-state index in [0.29, 0.717) is 18.6 Å². The molecular weight excluding hydrogens is 264 g/mol. The number of ether oxygens (including phenoxy) is 1. The molecule has 1 aromatic rings. The predicted octanol–water partition coefficient (Wildman–Crippen LogP) is 4.96. The molecule has 21 heavy (non-hydrogen) atoms. The quantitative estimate of drug-likeness (QED) is 0.423. The summed E-state index contributed by atoms with van der Waals surface area (Å²) in [6.07, 6.45) is 4.59. The second-order valence-corrected chi connectivity index (χ2v) is 4.31. The van der Waals surface area contributed by atoms with Gasteiger partial charge in [0.2, 0.25) is 0 Å². The van der Waals surface area contributed by atoms with E-state index < -0.39 is 0 Å². The van der Waals surface area contributed by atoms with Gasteiger partial charge in [-0.2, -0.15) is 0 Å². The summed E-state index contributed by atoms with van der Waals surface area (Å²) in [5, 5.41) is 0. The molecule has 0 aliphatic rings. The third-order valence-corrected chi connectivity index (χ3v) is 2.42. The lowest BCUT2D eigenvalue weighted by Crippen LogP contribution is -2.05. The molecule has 0 saturated heterocycles. The maximum atomic E-state index is 11.4. The molecule has 0 saturated carbocycles. The average molecular weight is 294 g/mol. The number of carbonyl (C=O) groups excluding carboxylic acids is 2. The predicted molar refractivity (Wildman–Crippen MR) is 88.7 cm³/mol. The summed E-state index contributed by atoms with van der Waals surface area (Å²) in [5.41, 5.74) is 1.78. The Bertz CT molecular complexity index is 355. The van der Waals surface area contributed by atoms with Gasteiger partial charge in [0.25, 0.3) is 0 Å². The third kappa shape index (κ3) is 13.1. The van der Waals surface area contributed by atoms with Crippen molar-refractivity contribution >= 4 is 12.3 Å². The van der Waals surface area contributed by atoms with Gasteiger partial charge < -0.3 is 9.53 Å². The molecule has 0 atom stereocenters. The van der Waals surface area contributed by atoms with Crippen molar-refractivity contribution in [1.29, 1.82) is 0 Å². The van der Waals surface area contributed by atoms with E-state index in [1.165, 1.54) is 0 Å². The van der Waals surface area contributed by atoms with Crippen molar-refractivity contribution in [1.82, 2.24) is 0 Å². The Morgan fingerprint density at radius 1 is 1.10 bits per heavy atom. The molecule has 3 nitrogen and oxygen atoms in total. The third-order valence-electron chi connectivity index (χ3n) is 2.42. The Kier molecular flexibility index (Phi) is 16.9. The molecule has 0 aromatic heterocycles. The monoisotopic (exact) mass is 294 g/mol. The average Bonchev–Trinajstić information content (AvgIpc) is 2.51. The minimum absolute atomic E-state index is 0.224. The van der Waals surface area contributed by atoms with Crippen molar-refractivity contribution in [3.63, 3.8) is 0 Å². The lowest BCUT2D eigenvalue weighted by Gasteiger charge is -2.03. The Labute approximate surface area is 129 Å². The number of hydrogen-bond acceptors (Lipinski definition) is 3. The number of carbonyl (C=O) groups is 2. The van der Waals surface area contributed by atoms with Crippen LogP contribution in [-0.2, 0) is 9.53 Å². The normalized spacial score (nSPS) is 8.62. The molecule has 0 radical (unpaired) electrons. The van der Waals surface area contributed by atoms with Gasteiger partial charge in [0.1, 0.15) is 6.29 Å². The topological polar surface area (TPSA) is 43.4 Å². The molecule has 0 N–H and O–H groups in total. The molecule has 0 aliphatic carbocycles. The van der Waals surface area contributed by atoms with Gasteiger partial charge in [-0.05, 0) is 31.9 Å². The van der Waals surface area contributed by atoms with Crippen LogP contribution in [0, 0.1) is 6.92 Å². The number of unbranched alkanes of at least 4 members (excludes halogenated alkanes) is 2. The molecular formula is C18H30O3. The van der Waals surface area contributed by atoms with Crippen LogP contribution in [0.25, 0.3) is 0 Å². The first-order valence-corrected chi connectivity index (χ1v) is 7.83. The molecule has 0 amide bonds. The lowest BCUT2D eigenvalue weighted by molar-refractivity contribution is -0.107. The summed E-state index contributed by atoms with van der Waals surface area (Å²) >= 11 is 0. The van der Waals surface area contributed by atoms with Crippen molar-refractivity contribution in [3.8, 4) is 0 Å². The van der Waals surface area contributed by atoms with E-state index in [-0.39, 0.29) is 5.97 Å². The zero-order valence-corrected chi connectivity index (χ0v) is 14.1. The van der Waals surface area contributed by atoms with Crippen LogP contribution in [0.5, 0.6) is 0 Å². The summed E-state index contributed by atoms with van der Waals surface area (Å²) < 4.78 is 5.07. The lowest BCUT2D eigenvalue weighted by atomic mass is 10.1. The maximum Gasteiger partial charge on any atom is 0.338 e. The number of esters is 1. The molecule has 3 heteroatoms. The van der Waals surface area contributed by atoms with Crippen LogP contribution >= 0.6 is 0 Å². The van der Waals surface area contributed by atoms with Gasteiger partial charge in [-0.25, -0.2) is 4.79 Å². The van der Waals surface area contributed by atoms with Gasteiger partial charge in [0.15, 0.2) is 0 Å². The summed E-state index contributed by atoms with van der Waals surface area (Å²) in [5.74, 6) is -0.224. The molecule has 120 valence electrons. The van der Waals surface area contributed by atoms with E-state index in [1.54, 1.807) is 12.1 Å². The Hall–Kier alpha value is -1.64. The Balaban J connectivity index is 0. The maximum absolute atomic E-state index is 11.4. The first-order chi connectivity index (χ1) is 10.2. The van der Waals surface area contributed by atoms with E-state index in [1.807, 2.05) is 39.8 Å². The van der Waals surface area contributed by atoms with Crippen molar-refractivity contribution in [2.75, 3.05) is 6.61 Å². The van der Waals surface area contributed by atoms with Crippen LogP contribution in [0.4, 0.5) is 0 Å². The van der Waals surface area contributed by atoms with Gasteiger partial charge in [-0.1, -0.05) is 51.8 Å². The van der Waals surface area contributed by atoms with Gasteiger partial charge in [0.05, 0.1) is 12.2 Å². The van der Waals surface area contributed by atoms with Crippen LogP contribution in [0.1, 0.15) is 69.3 Å². The highest BCUT2D eigenvalue weighted by molar-refractivity contribution is 5.89. The van der Waals surface area contributed by atoms with Gasteiger partial charge >= 0.3 is 5.97 Å². The minimum atomic E-state index is -0.224. The molecule has 0 unspecified atom stereocenters. The largest absolute Gasteiger partial charge is 0.462 e. The van der Waals surface area contributed by atoms with Gasteiger partial charge in [0, 0.05) is 6.42 Å². The summed E-state index contributed by atoms with van der Waals surface area (Å²) in [6.45, 7) is 10.6. The SMILES string of the molecule is CC.CCCC=O.CCCCOC(=O)c1ccc(C)cc1. The minimum Gasteiger partial charge on any atom is -0.462 e. The molecule has 0 bridgehead atoms. The number of aryl methyl sites for hydroxylation is 1. The van der Waals surface area contributed by atoms with E-state index in [2.05, 4.69) is 6.92 Å². The first kappa shape index (κ1) is 21.7. The summed E-state index contributed by atoms with van der Waals surface area (Å²) in [7, 11) is 0. The fraction of sp³-hybridized carbons (Fsp3) is 0.556. The highest BCUT2D eigenvalue weighted by Crippen LogP contribution is 2.05. The highest BCUT2D eigenvalue weighted by atomic mass is 16.5. The highest BCUT2D eigenvalue weighted by Gasteiger charge is 2.04.